The Kier molecular flexibility index (Phi) is 3.51. The Morgan fingerprint density at radius 2 is 1.65 bits per heavy atom. The van der Waals surface area contributed by atoms with Gasteiger partial charge >= 0.3 is 0 Å². The van der Waals surface area contributed by atoms with Crippen molar-refractivity contribution in [1.29, 1.82) is 5.26 Å². The van der Waals surface area contributed by atoms with Crippen molar-refractivity contribution in [3.63, 3.8) is 0 Å². The van der Waals surface area contributed by atoms with E-state index >= 15 is 0 Å². The molecule has 0 bridgehead atoms. The van der Waals surface area contributed by atoms with Crippen LogP contribution >= 0.6 is 11.8 Å². The molecular weight excluding hydrogens is 226 g/mol. The number of thioether (sulfide) groups is 1. The highest BCUT2D eigenvalue weighted by Crippen LogP contribution is 2.27. The fourth-order valence-electron chi connectivity index (χ4n) is 1.71. The van der Waals surface area contributed by atoms with Crippen LogP contribution in [0.2, 0.25) is 0 Å². The van der Waals surface area contributed by atoms with Crippen molar-refractivity contribution in [3.8, 4) is 17.2 Å². The summed E-state index contributed by atoms with van der Waals surface area (Å²) in [5.74, 6) is 0. The molecule has 17 heavy (non-hydrogen) atoms. The monoisotopic (exact) mass is 239 g/mol. The van der Waals surface area contributed by atoms with Crippen molar-refractivity contribution in [2.45, 2.75) is 11.8 Å². The number of nitriles is 1. The lowest BCUT2D eigenvalue weighted by Crippen LogP contribution is -1.84. The van der Waals surface area contributed by atoms with Gasteiger partial charge in [-0.05, 0) is 36.4 Å². The van der Waals surface area contributed by atoms with Gasteiger partial charge in [0.1, 0.15) is 6.07 Å². The molecule has 0 aliphatic carbocycles. The number of aryl methyl sites for hydroxylation is 1. The van der Waals surface area contributed by atoms with Crippen LogP contribution in [-0.4, -0.2) is 6.26 Å². The molecule has 0 aliphatic rings. The van der Waals surface area contributed by atoms with Gasteiger partial charge in [-0.15, -0.1) is 11.8 Å². The SMILES string of the molecule is CSc1cc(-c2ccc(C)cc2)ccc1C#N. The van der Waals surface area contributed by atoms with E-state index in [1.165, 1.54) is 11.1 Å². The molecular formula is C15H13NS. The van der Waals surface area contributed by atoms with Crippen LogP contribution in [0.25, 0.3) is 11.1 Å². The van der Waals surface area contributed by atoms with E-state index in [4.69, 9.17) is 5.26 Å². The molecule has 2 heteroatoms. The third-order valence-corrected chi connectivity index (χ3v) is 3.48. The molecule has 84 valence electrons. The minimum atomic E-state index is 0.744. The standard InChI is InChI=1S/C15H13NS/c1-11-3-5-12(6-4-11)13-7-8-14(10-16)15(9-13)17-2/h3-9H,1-2H3. The van der Waals surface area contributed by atoms with Crippen LogP contribution in [0.5, 0.6) is 0 Å². The highest BCUT2D eigenvalue weighted by atomic mass is 32.2. The van der Waals surface area contributed by atoms with E-state index in [9.17, 15) is 0 Å². The van der Waals surface area contributed by atoms with Crippen molar-refractivity contribution >= 4 is 11.8 Å². The Balaban J connectivity index is 2.47. The first-order valence-corrected chi connectivity index (χ1v) is 6.62. The number of nitrogens with zero attached hydrogens (tertiary/aromatic N) is 1. The van der Waals surface area contributed by atoms with Gasteiger partial charge in [0.25, 0.3) is 0 Å². The quantitative estimate of drug-likeness (QED) is 0.731. The van der Waals surface area contributed by atoms with Crippen LogP contribution in [0.3, 0.4) is 0 Å². The van der Waals surface area contributed by atoms with Crippen LogP contribution in [0.15, 0.2) is 47.4 Å². The van der Waals surface area contributed by atoms with Crippen molar-refractivity contribution < 1.29 is 0 Å². The average Bonchev–Trinajstić information content (AvgIpc) is 2.39. The van der Waals surface area contributed by atoms with Crippen LogP contribution in [-0.2, 0) is 0 Å². The summed E-state index contributed by atoms with van der Waals surface area (Å²) in [6.07, 6.45) is 2.00. The summed E-state index contributed by atoms with van der Waals surface area (Å²) in [7, 11) is 0. The summed E-state index contributed by atoms with van der Waals surface area (Å²) in [5, 5.41) is 8.98. The van der Waals surface area contributed by atoms with Crippen LogP contribution in [0, 0.1) is 18.3 Å². The zero-order chi connectivity index (χ0) is 12.3. The van der Waals surface area contributed by atoms with Gasteiger partial charge in [-0.1, -0.05) is 35.9 Å². The maximum atomic E-state index is 8.98. The summed E-state index contributed by atoms with van der Waals surface area (Å²) in [5.41, 5.74) is 4.35. The summed E-state index contributed by atoms with van der Waals surface area (Å²) in [6, 6.07) is 16.6. The zero-order valence-electron chi connectivity index (χ0n) is 9.90. The summed E-state index contributed by atoms with van der Waals surface area (Å²) in [6.45, 7) is 2.08. The topological polar surface area (TPSA) is 23.8 Å². The first-order valence-electron chi connectivity index (χ1n) is 5.40. The Morgan fingerprint density at radius 3 is 2.24 bits per heavy atom. The normalized spacial score (nSPS) is 9.94. The van der Waals surface area contributed by atoms with Gasteiger partial charge in [0, 0.05) is 4.90 Å². The van der Waals surface area contributed by atoms with Crippen LogP contribution in [0.1, 0.15) is 11.1 Å². The van der Waals surface area contributed by atoms with E-state index in [-0.39, 0.29) is 0 Å². The summed E-state index contributed by atoms with van der Waals surface area (Å²) < 4.78 is 0. The Hall–Kier alpha value is -1.72. The smallest absolute Gasteiger partial charge is 0.100 e. The molecule has 0 aromatic heterocycles. The first-order chi connectivity index (χ1) is 8.24. The van der Waals surface area contributed by atoms with Gasteiger partial charge in [-0.3, -0.25) is 0 Å². The highest BCUT2D eigenvalue weighted by Gasteiger charge is 2.04. The molecule has 2 rings (SSSR count). The molecule has 0 radical (unpaired) electrons. The predicted octanol–water partition coefficient (Wildman–Crippen LogP) is 4.26. The third kappa shape index (κ3) is 2.51. The molecule has 0 amide bonds. The van der Waals surface area contributed by atoms with Crippen molar-refractivity contribution in [1.82, 2.24) is 0 Å². The van der Waals surface area contributed by atoms with Gasteiger partial charge in [0.15, 0.2) is 0 Å². The molecule has 0 fully saturated rings. The van der Waals surface area contributed by atoms with Gasteiger partial charge in [0.2, 0.25) is 0 Å². The summed E-state index contributed by atoms with van der Waals surface area (Å²) >= 11 is 1.61. The predicted molar refractivity (Wildman–Crippen MR) is 73.1 cm³/mol. The molecule has 0 saturated heterocycles. The molecule has 2 aromatic rings. The molecule has 0 atom stereocenters. The maximum absolute atomic E-state index is 8.98. The molecule has 0 unspecified atom stereocenters. The van der Waals surface area contributed by atoms with Crippen LogP contribution < -0.4 is 0 Å². The lowest BCUT2D eigenvalue weighted by molar-refractivity contribution is 1.37. The number of hydrogen-bond donors (Lipinski definition) is 0. The van der Waals surface area contributed by atoms with Gasteiger partial charge in [-0.2, -0.15) is 5.26 Å². The van der Waals surface area contributed by atoms with E-state index in [2.05, 4.69) is 43.3 Å². The van der Waals surface area contributed by atoms with E-state index in [0.29, 0.717) is 0 Å². The lowest BCUT2D eigenvalue weighted by atomic mass is 10.0. The molecule has 1 nitrogen and oxygen atoms in total. The fourth-order valence-corrected chi connectivity index (χ4v) is 2.29. The average molecular weight is 239 g/mol. The first kappa shape index (κ1) is 11.8. The molecule has 2 aromatic carbocycles. The third-order valence-electron chi connectivity index (χ3n) is 2.71. The second-order valence-corrected chi connectivity index (χ2v) is 4.74. The Morgan fingerprint density at radius 1 is 1.00 bits per heavy atom. The maximum Gasteiger partial charge on any atom is 0.100 e. The van der Waals surface area contributed by atoms with Crippen LogP contribution in [0.4, 0.5) is 0 Å². The van der Waals surface area contributed by atoms with Crippen molar-refractivity contribution in [3.05, 3.63) is 53.6 Å². The minimum absolute atomic E-state index is 0.744. The second-order valence-electron chi connectivity index (χ2n) is 3.89. The molecule has 0 spiro atoms. The summed E-state index contributed by atoms with van der Waals surface area (Å²) in [4.78, 5) is 1.03. The molecule has 0 aliphatic heterocycles. The molecule has 0 N–H and O–H groups in total. The molecule has 0 saturated carbocycles. The fraction of sp³-hybridized carbons (Fsp3) is 0.133. The largest absolute Gasteiger partial charge is 0.192 e. The number of benzene rings is 2. The minimum Gasteiger partial charge on any atom is -0.192 e. The van der Waals surface area contributed by atoms with E-state index in [0.717, 1.165) is 16.0 Å². The van der Waals surface area contributed by atoms with Gasteiger partial charge < -0.3 is 0 Å². The van der Waals surface area contributed by atoms with Gasteiger partial charge in [-0.25, -0.2) is 0 Å². The molecule has 0 heterocycles. The Bertz CT molecular complexity index is 564. The van der Waals surface area contributed by atoms with E-state index in [1.807, 2.05) is 18.4 Å². The van der Waals surface area contributed by atoms with Crippen molar-refractivity contribution in [2.24, 2.45) is 0 Å². The lowest BCUT2D eigenvalue weighted by Gasteiger charge is -2.06. The Labute approximate surface area is 106 Å². The van der Waals surface area contributed by atoms with Gasteiger partial charge in [0.05, 0.1) is 5.56 Å². The zero-order valence-corrected chi connectivity index (χ0v) is 10.7. The second kappa shape index (κ2) is 5.07. The highest BCUT2D eigenvalue weighted by molar-refractivity contribution is 7.98. The number of rotatable bonds is 2. The van der Waals surface area contributed by atoms with Crippen molar-refractivity contribution in [2.75, 3.05) is 6.26 Å². The number of hydrogen-bond acceptors (Lipinski definition) is 2. The van der Waals surface area contributed by atoms with E-state index < -0.39 is 0 Å². The van der Waals surface area contributed by atoms with E-state index in [1.54, 1.807) is 11.8 Å².